The van der Waals surface area contributed by atoms with Crippen LogP contribution >= 0.6 is 11.3 Å². The Morgan fingerprint density at radius 1 is 0.920 bits per heavy atom. The van der Waals surface area contributed by atoms with E-state index in [-0.39, 0.29) is 11.0 Å². The van der Waals surface area contributed by atoms with Crippen molar-refractivity contribution in [3.63, 3.8) is 0 Å². The van der Waals surface area contributed by atoms with Crippen molar-refractivity contribution >= 4 is 33.1 Å². The first-order valence-electron chi connectivity index (χ1n) is 19.1. The summed E-state index contributed by atoms with van der Waals surface area (Å²) in [5, 5.41) is 16.7. The minimum Gasteiger partial charge on any atom is -0.347 e. The molecule has 0 fully saturated rings. The number of anilines is 1. The van der Waals surface area contributed by atoms with Crippen LogP contribution in [0, 0.1) is 28.6 Å². The molecule has 4 rings (SSSR count). The van der Waals surface area contributed by atoms with Crippen LogP contribution in [0.4, 0.5) is 10.1 Å². The maximum absolute atomic E-state index is 13.7. The second-order valence-electron chi connectivity index (χ2n) is 15.1. The third kappa shape index (κ3) is 9.99. The Morgan fingerprint density at radius 3 is 2.08 bits per heavy atom. The maximum atomic E-state index is 13.7. The van der Waals surface area contributed by atoms with Gasteiger partial charge in [0.2, 0.25) is 0 Å². The molecule has 50 heavy (non-hydrogen) atoms. The number of hydrogen-bond acceptors (Lipinski definition) is 8. The van der Waals surface area contributed by atoms with Gasteiger partial charge in [-0.25, -0.2) is 15.0 Å². The lowest BCUT2D eigenvalue weighted by Gasteiger charge is -2.30. The molecule has 0 spiro atoms. The van der Waals surface area contributed by atoms with Crippen molar-refractivity contribution in [2.45, 2.75) is 132 Å². The molecule has 0 amide bonds. The zero-order valence-electron chi connectivity index (χ0n) is 31.9. The first-order chi connectivity index (χ1) is 24.1. The van der Waals surface area contributed by atoms with E-state index in [1.165, 1.54) is 43.2 Å². The smallest absolute Gasteiger partial charge is 0.291 e. The lowest BCUT2D eigenvalue weighted by atomic mass is 9.92. The standard InChI is InChI=1S/C41H59N7OS/c1-9-14-20-29(12-4)27-47(28-30(13-5)21-15-10-2)40-45-35(31-22-18-17-19-23-31)38(50-40)44-36-32(24-16-11-3)33(26-42)39(49)48-37(36)43-34(46-48)25-41(6,7)8/h17-19,22-23,29-30H,9-16,20-21,24-25,27-28H2,1-8H3. The van der Waals surface area contributed by atoms with Gasteiger partial charge in [-0.2, -0.15) is 9.94 Å². The maximum Gasteiger partial charge on any atom is 0.291 e. The molecule has 270 valence electrons. The van der Waals surface area contributed by atoms with Crippen molar-refractivity contribution in [3.8, 4) is 17.3 Å². The van der Waals surface area contributed by atoms with Gasteiger partial charge < -0.3 is 4.90 Å². The fourth-order valence-corrected chi connectivity index (χ4v) is 7.59. The molecule has 0 saturated carbocycles. The number of aliphatic imine (C=N–C) groups is 1. The summed E-state index contributed by atoms with van der Waals surface area (Å²) in [5.41, 5.74) is 3.05. The largest absolute Gasteiger partial charge is 0.347 e. The molecule has 2 atom stereocenters. The predicted octanol–water partition coefficient (Wildman–Crippen LogP) is 11.0. The molecule has 2 aromatic heterocycles. The van der Waals surface area contributed by atoms with Crippen LogP contribution in [0.2, 0.25) is 0 Å². The number of rotatable bonds is 19. The Hall–Kier alpha value is -3.64. The first-order valence-corrected chi connectivity index (χ1v) is 19.9. The Bertz CT molecular complexity index is 1640. The molecule has 1 aliphatic heterocycles. The van der Waals surface area contributed by atoms with Gasteiger partial charge in [-0.3, -0.25) is 4.79 Å². The van der Waals surface area contributed by atoms with E-state index in [4.69, 9.17) is 15.0 Å². The van der Waals surface area contributed by atoms with E-state index in [0.717, 1.165) is 60.2 Å². The van der Waals surface area contributed by atoms with Crippen molar-refractivity contribution < 1.29 is 4.79 Å². The van der Waals surface area contributed by atoms with E-state index in [1.807, 2.05) is 18.2 Å². The van der Waals surface area contributed by atoms with Gasteiger partial charge >= 0.3 is 0 Å². The van der Waals surface area contributed by atoms with Crippen LogP contribution in [0.25, 0.3) is 11.3 Å². The lowest BCUT2D eigenvalue weighted by molar-refractivity contribution is 0.0940. The molecule has 2 unspecified atom stereocenters. The summed E-state index contributed by atoms with van der Waals surface area (Å²) in [7, 11) is 0. The average molecular weight is 698 g/mol. The number of allylic oxidation sites excluding steroid dienone is 2. The Labute approximate surface area is 305 Å². The quantitative estimate of drug-likeness (QED) is 0.124. The van der Waals surface area contributed by atoms with Crippen molar-refractivity contribution in [1.29, 1.82) is 5.26 Å². The predicted molar refractivity (Wildman–Crippen MR) is 209 cm³/mol. The van der Waals surface area contributed by atoms with Gasteiger partial charge in [0.05, 0.1) is 0 Å². The Morgan fingerprint density at radius 2 is 1.54 bits per heavy atom. The number of unbranched alkanes of at least 4 members (excludes halogenated alkanes) is 3. The highest BCUT2D eigenvalue weighted by Gasteiger charge is 2.35. The molecular formula is C41H59N7OS. The zero-order valence-corrected chi connectivity index (χ0v) is 32.7. The second-order valence-corrected chi connectivity index (χ2v) is 16.0. The van der Waals surface area contributed by atoms with Gasteiger partial charge in [0, 0.05) is 30.6 Å². The van der Waals surface area contributed by atoms with Crippen LogP contribution in [0.15, 0.2) is 46.5 Å². The van der Waals surface area contributed by atoms with Crippen LogP contribution in [0.5, 0.6) is 0 Å². The fourth-order valence-electron chi connectivity index (χ4n) is 6.60. The number of carbonyl (C=O) groups excluding carboxylic acids is 1. The van der Waals surface area contributed by atoms with Crippen LogP contribution in [0.1, 0.15) is 142 Å². The molecular weight excluding hydrogens is 639 g/mol. The topological polar surface area (TPSA) is 100 Å². The van der Waals surface area contributed by atoms with E-state index >= 15 is 0 Å². The summed E-state index contributed by atoms with van der Waals surface area (Å²) in [6.45, 7) is 19.6. The average Bonchev–Trinajstić information content (AvgIpc) is 3.72. The monoisotopic (exact) mass is 697 g/mol. The summed E-state index contributed by atoms with van der Waals surface area (Å²) >= 11 is 1.62. The molecule has 0 aliphatic carbocycles. The highest BCUT2D eigenvalue weighted by molar-refractivity contribution is 7.19. The normalized spacial score (nSPS) is 15.3. The fraction of sp³-hybridized carbons (Fsp3) is 0.610. The number of hydrogen-bond donors (Lipinski definition) is 0. The van der Waals surface area contributed by atoms with Crippen LogP contribution in [-0.2, 0) is 6.42 Å². The number of aromatic nitrogens is 4. The van der Waals surface area contributed by atoms with Gasteiger partial charge in [0.1, 0.15) is 28.0 Å². The number of benzene rings is 1. The van der Waals surface area contributed by atoms with E-state index in [0.29, 0.717) is 47.6 Å². The highest BCUT2D eigenvalue weighted by atomic mass is 32.1. The molecule has 0 saturated heterocycles. The number of nitrogens with zero attached hydrogens (tertiary/aromatic N) is 7. The summed E-state index contributed by atoms with van der Waals surface area (Å²) < 4.78 is 1.31. The van der Waals surface area contributed by atoms with E-state index in [1.54, 1.807) is 11.3 Å². The molecule has 0 N–H and O–H groups in total. The molecule has 8 nitrogen and oxygen atoms in total. The van der Waals surface area contributed by atoms with Crippen molar-refractivity contribution in [3.05, 3.63) is 53.1 Å². The van der Waals surface area contributed by atoms with Crippen LogP contribution in [-0.4, -0.2) is 44.5 Å². The summed E-state index contributed by atoms with van der Waals surface area (Å²) in [6, 6.07) is 12.5. The molecule has 9 heteroatoms. The van der Waals surface area contributed by atoms with Gasteiger partial charge in [-0.15, -0.1) is 5.10 Å². The highest BCUT2D eigenvalue weighted by Crippen LogP contribution is 2.42. The summed E-state index contributed by atoms with van der Waals surface area (Å²) in [5.74, 6) is 1.75. The lowest BCUT2D eigenvalue weighted by Crippen LogP contribution is -2.34. The van der Waals surface area contributed by atoms with E-state index < -0.39 is 5.91 Å². The van der Waals surface area contributed by atoms with Crippen LogP contribution < -0.4 is 4.90 Å². The van der Waals surface area contributed by atoms with Gasteiger partial charge in [0.15, 0.2) is 16.8 Å². The number of carbonyl (C=O) groups is 1. The Balaban J connectivity index is 1.94. The molecule has 0 radical (unpaired) electrons. The number of thiazole rings is 1. The van der Waals surface area contributed by atoms with Gasteiger partial charge in [0.25, 0.3) is 5.91 Å². The van der Waals surface area contributed by atoms with Gasteiger partial charge in [-0.1, -0.05) is 142 Å². The molecule has 1 aliphatic rings. The second kappa shape index (κ2) is 18.6. The number of fused-ring (bicyclic) bond motifs is 1. The summed E-state index contributed by atoms with van der Waals surface area (Å²) in [4.78, 5) is 31.9. The van der Waals surface area contributed by atoms with Crippen molar-refractivity contribution in [1.82, 2.24) is 19.7 Å². The van der Waals surface area contributed by atoms with Crippen LogP contribution in [0.3, 0.4) is 0 Å². The molecule has 0 bridgehead atoms. The first kappa shape index (κ1) is 39.2. The van der Waals surface area contributed by atoms with Crippen molar-refractivity contribution in [2.24, 2.45) is 22.2 Å². The van der Waals surface area contributed by atoms with Gasteiger partial charge in [-0.05, 0) is 42.9 Å². The molecule has 3 heterocycles. The third-order valence-corrected chi connectivity index (χ3v) is 10.6. The van der Waals surface area contributed by atoms with E-state index in [9.17, 15) is 10.1 Å². The minimum absolute atomic E-state index is 0.0775. The zero-order chi connectivity index (χ0) is 36.3. The number of nitriles is 1. The Kier molecular flexibility index (Phi) is 14.5. The third-order valence-electron chi connectivity index (χ3n) is 9.61. The summed E-state index contributed by atoms with van der Waals surface area (Å²) in [6.07, 6.45) is 12.5. The minimum atomic E-state index is -0.421. The van der Waals surface area contributed by atoms with E-state index in [2.05, 4.69) is 83.6 Å². The SMILES string of the molecule is CCCCC1=C(C#N)C(=O)n2nc(CC(C)(C)C)nc2C1=Nc1sc(N(CC(CC)CCCC)CC(CC)CCCC)nc1-c1ccccc1. The van der Waals surface area contributed by atoms with Crippen molar-refractivity contribution in [2.75, 3.05) is 18.0 Å². The molecule has 1 aromatic carbocycles. The molecule has 3 aromatic rings.